The van der Waals surface area contributed by atoms with E-state index in [2.05, 4.69) is 4.98 Å². The molecule has 0 bridgehead atoms. The molecule has 1 amide bonds. The van der Waals surface area contributed by atoms with Crippen LogP contribution in [-0.2, 0) is 6.42 Å². The molecule has 4 nitrogen and oxygen atoms in total. The van der Waals surface area contributed by atoms with Gasteiger partial charge in [-0.25, -0.2) is 0 Å². The monoisotopic (exact) mass is 166 g/mol. The van der Waals surface area contributed by atoms with E-state index in [0.29, 0.717) is 6.42 Å². The molecule has 0 fully saturated rings. The van der Waals surface area contributed by atoms with Gasteiger partial charge in [0.25, 0.3) is 5.91 Å². The number of aliphatic hydroxyl groups excluding tert-OH is 1. The number of nitrogens with zero attached hydrogens (tertiary/aromatic N) is 1. The van der Waals surface area contributed by atoms with Crippen LogP contribution < -0.4 is 5.73 Å². The Bertz CT molecular complexity index is 269. The van der Waals surface area contributed by atoms with E-state index in [9.17, 15) is 4.79 Å². The largest absolute Gasteiger partial charge is 0.396 e. The van der Waals surface area contributed by atoms with Crippen molar-refractivity contribution in [3.8, 4) is 0 Å². The van der Waals surface area contributed by atoms with Gasteiger partial charge in [0.15, 0.2) is 0 Å². The van der Waals surface area contributed by atoms with E-state index in [0.717, 1.165) is 5.56 Å². The first-order valence-corrected chi connectivity index (χ1v) is 3.59. The highest BCUT2D eigenvalue weighted by atomic mass is 16.2. The van der Waals surface area contributed by atoms with E-state index >= 15 is 0 Å². The second kappa shape index (κ2) is 3.82. The summed E-state index contributed by atoms with van der Waals surface area (Å²) in [5, 5.41) is 8.58. The van der Waals surface area contributed by atoms with Gasteiger partial charge in [0, 0.05) is 12.8 Å². The molecule has 0 atom stereocenters. The fourth-order valence-electron chi connectivity index (χ4n) is 0.847. The van der Waals surface area contributed by atoms with Crippen LogP contribution in [0.1, 0.15) is 16.1 Å². The van der Waals surface area contributed by atoms with Crippen LogP contribution in [0.4, 0.5) is 0 Å². The van der Waals surface area contributed by atoms with E-state index in [4.69, 9.17) is 10.8 Å². The van der Waals surface area contributed by atoms with Crippen LogP contribution in [0.5, 0.6) is 0 Å². The Morgan fingerprint density at radius 1 is 1.58 bits per heavy atom. The van der Waals surface area contributed by atoms with Gasteiger partial charge >= 0.3 is 0 Å². The number of rotatable bonds is 3. The van der Waals surface area contributed by atoms with Gasteiger partial charge in [-0.2, -0.15) is 0 Å². The average molecular weight is 166 g/mol. The molecular weight excluding hydrogens is 156 g/mol. The van der Waals surface area contributed by atoms with E-state index in [1.807, 2.05) is 0 Å². The summed E-state index contributed by atoms with van der Waals surface area (Å²) in [6.45, 7) is 0.0810. The van der Waals surface area contributed by atoms with Crippen molar-refractivity contribution in [1.82, 2.24) is 4.98 Å². The minimum atomic E-state index is -0.537. The standard InChI is InChI=1S/C8H10N2O2/c9-8(12)7-2-1-6(3-4-11)5-10-7/h1-2,5,11H,3-4H2,(H2,9,12). The SMILES string of the molecule is NC(=O)c1ccc(CCO)cn1. The Balaban J connectivity index is 2.78. The summed E-state index contributed by atoms with van der Waals surface area (Å²) in [5.74, 6) is -0.537. The van der Waals surface area contributed by atoms with Crippen molar-refractivity contribution in [3.05, 3.63) is 29.6 Å². The third kappa shape index (κ3) is 2.03. The number of hydrogen-bond donors (Lipinski definition) is 2. The number of aromatic nitrogens is 1. The first kappa shape index (κ1) is 8.67. The molecule has 64 valence electrons. The Labute approximate surface area is 70.0 Å². The lowest BCUT2D eigenvalue weighted by Gasteiger charge is -1.97. The fourth-order valence-corrected chi connectivity index (χ4v) is 0.847. The van der Waals surface area contributed by atoms with Crippen molar-refractivity contribution in [2.45, 2.75) is 6.42 Å². The van der Waals surface area contributed by atoms with Crippen LogP contribution in [0.15, 0.2) is 18.3 Å². The highest BCUT2D eigenvalue weighted by Gasteiger charge is 2.00. The van der Waals surface area contributed by atoms with Crippen molar-refractivity contribution in [3.63, 3.8) is 0 Å². The van der Waals surface area contributed by atoms with Gasteiger partial charge in [-0.3, -0.25) is 9.78 Å². The number of carbonyl (C=O) groups is 1. The molecule has 0 unspecified atom stereocenters. The van der Waals surface area contributed by atoms with E-state index in [1.54, 1.807) is 12.1 Å². The van der Waals surface area contributed by atoms with Gasteiger partial charge in [-0.15, -0.1) is 0 Å². The van der Waals surface area contributed by atoms with Crippen LogP contribution in [-0.4, -0.2) is 22.6 Å². The number of carbonyl (C=O) groups excluding carboxylic acids is 1. The molecule has 0 saturated heterocycles. The number of primary amides is 1. The Kier molecular flexibility index (Phi) is 2.76. The molecule has 3 N–H and O–H groups in total. The topological polar surface area (TPSA) is 76.2 Å². The molecule has 0 saturated carbocycles. The number of nitrogens with two attached hydrogens (primary N) is 1. The van der Waals surface area contributed by atoms with Crippen molar-refractivity contribution in [1.29, 1.82) is 0 Å². The van der Waals surface area contributed by atoms with E-state index in [-0.39, 0.29) is 12.3 Å². The molecule has 0 aliphatic heterocycles. The Hall–Kier alpha value is -1.42. The molecule has 1 rings (SSSR count). The van der Waals surface area contributed by atoms with Gasteiger partial charge in [0.1, 0.15) is 5.69 Å². The predicted octanol–water partition coefficient (Wildman–Crippen LogP) is -0.285. The molecule has 0 aromatic carbocycles. The second-order valence-corrected chi connectivity index (χ2v) is 2.39. The van der Waals surface area contributed by atoms with E-state index in [1.165, 1.54) is 6.20 Å². The minimum absolute atomic E-state index is 0.0810. The molecule has 12 heavy (non-hydrogen) atoms. The number of hydrogen-bond acceptors (Lipinski definition) is 3. The molecule has 1 heterocycles. The zero-order chi connectivity index (χ0) is 8.97. The van der Waals surface area contributed by atoms with Crippen LogP contribution in [0, 0.1) is 0 Å². The Morgan fingerprint density at radius 3 is 2.75 bits per heavy atom. The zero-order valence-electron chi connectivity index (χ0n) is 6.53. The maximum absolute atomic E-state index is 10.6. The molecule has 4 heteroatoms. The lowest BCUT2D eigenvalue weighted by Crippen LogP contribution is -2.12. The second-order valence-electron chi connectivity index (χ2n) is 2.39. The van der Waals surface area contributed by atoms with Crippen LogP contribution >= 0.6 is 0 Å². The van der Waals surface area contributed by atoms with Crippen molar-refractivity contribution in [2.24, 2.45) is 5.73 Å². The molecule has 1 aromatic heterocycles. The van der Waals surface area contributed by atoms with Gasteiger partial charge in [0.05, 0.1) is 0 Å². The Morgan fingerprint density at radius 2 is 2.33 bits per heavy atom. The smallest absolute Gasteiger partial charge is 0.267 e. The molecule has 0 aliphatic carbocycles. The maximum atomic E-state index is 10.6. The lowest BCUT2D eigenvalue weighted by molar-refractivity contribution is 0.0995. The van der Waals surface area contributed by atoms with Gasteiger partial charge < -0.3 is 10.8 Å². The van der Waals surface area contributed by atoms with Crippen molar-refractivity contribution < 1.29 is 9.90 Å². The molecule has 1 aromatic rings. The fraction of sp³-hybridized carbons (Fsp3) is 0.250. The zero-order valence-corrected chi connectivity index (χ0v) is 6.53. The summed E-state index contributed by atoms with van der Waals surface area (Å²) < 4.78 is 0. The van der Waals surface area contributed by atoms with Crippen molar-refractivity contribution in [2.75, 3.05) is 6.61 Å². The van der Waals surface area contributed by atoms with Gasteiger partial charge in [-0.1, -0.05) is 6.07 Å². The molecule has 0 spiro atoms. The molecular formula is C8H10N2O2. The molecule has 0 radical (unpaired) electrons. The normalized spacial score (nSPS) is 9.75. The van der Waals surface area contributed by atoms with Gasteiger partial charge in [-0.05, 0) is 18.1 Å². The average Bonchev–Trinajstić information content (AvgIpc) is 2.06. The molecule has 0 aliphatic rings. The third-order valence-corrected chi connectivity index (χ3v) is 1.48. The summed E-state index contributed by atoms with van der Waals surface area (Å²) in [6, 6.07) is 3.27. The highest BCUT2D eigenvalue weighted by Crippen LogP contribution is 1.99. The summed E-state index contributed by atoms with van der Waals surface area (Å²) >= 11 is 0. The predicted molar refractivity (Wildman–Crippen MR) is 43.5 cm³/mol. The van der Waals surface area contributed by atoms with Crippen LogP contribution in [0.3, 0.4) is 0 Å². The quantitative estimate of drug-likeness (QED) is 0.648. The first-order chi connectivity index (χ1) is 5.74. The van der Waals surface area contributed by atoms with Crippen molar-refractivity contribution >= 4 is 5.91 Å². The number of amides is 1. The number of pyridine rings is 1. The summed E-state index contributed by atoms with van der Waals surface area (Å²) in [6.07, 6.45) is 2.09. The maximum Gasteiger partial charge on any atom is 0.267 e. The van der Waals surface area contributed by atoms with Crippen LogP contribution in [0.2, 0.25) is 0 Å². The first-order valence-electron chi connectivity index (χ1n) is 3.59. The van der Waals surface area contributed by atoms with E-state index < -0.39 is 5.91 Å². The summed E-state index contributed by atoms with van der Waals surface area (Å²) in [7, 11) is 0. The summed E-state index contributed by atoms with van der Waals surface area (Å²) in [5.41, 5.74) is 6.13. The van der Waals surface area contributed by atoms with Crippen LogP contribution in [0.25, 0.3) is 0 Å². The van der Waals surface area contributed by atoms with Gasteiger partial charge in [0.2, 0.25) is 0 Å². The highest BCUT2D eigenvalue weighted by molar-refractivity contribution is 5.90. The third-order valence-electron chi connectivity index (χ3n) is 1.48. The minimum Gasteiger partial charge on any atom is -0.396 e. The summed E-state index contributed by atoms with van der Waals surface area (Å²) in [4.78, 5) is 14.4. The lowest BCUT2D eigenvalue weighted by atomic mass is 10.2. The number of aliphatic hydroxyl groups is 1.